The van der Waals surface area contributed by atoms with Gasteiger partial charge in [0.25, 0.3) is 0 Å². The van der Waals surface area contributed by atoms with E-state index in [9.17, 15) is 0 Å². The van der Waals surface area contributed by atoms with Crippen LogP contribution in [-0.4, -0.2) is 0 Å². The molecule has 0 radical (unpaired) electrons. The third kappa shape index (κ3) is 11.3. The van der Waals surface area contributed by atoms with Gasteiger partial charge in [-0.05, 0) is 71.8 Å². The molecule has 0 fully saturated rings. The number of hydrogen-bond acceptors (Lipinski definition) is 0. The van der Waals surface area contributed by atoms with E-state index < -0.39 is 0 Å². The van der Waals surface area contributed by atoms with Gasteiger partial charge in [-0.2, -0.15) is 6.42 Å². The molecule has 0 heteroatoms. The molecule has 40 heavy (non-hydrogen) atoms. The van der Waals surface area contributed by atoms with E-state index in [1.165, 1.54) is 71.1 Å². The van der Waals surface area contributed by atoms with Gasteiger partial charge in [0, 0.05) is 0 Å². The molecule has 216 valence electrons. The van der Waals surface area contributed by atoms with Crippen molar-refractivity contribution in [3.05, 3.63) is 136 Å². The monoisotopic (exact) mass is 535 g/mol. The van der Waals surface area contributed by atoms with Crippen LogP contribution in [0.25, 0.3) is 0 Å². The van der Waals surface area contributed by atoms with Crippen LogP contribution in [0.5, 0.6) is 0 Å². The quantitative estimate of drug-likeness (QED) is 0.193. The summed E-state index contributed by atoms with van der Waals surface area (Å²) in [5, 5.41) is 0. The summed E-state index contributed by atoms with van der Waals surface area (Å²) in [6.45, 7) is 22.6. The summed E-state index contributed by atoms with van der Waals surface area (Å²) >= 11 is 0. The number of rotatable bonds is 10. The molecule has 0 aromatic carbocycles. The van der Waals surface area contributed by atoms with Gasteiger partial charge < -0.3 is 6.42 Å². The van der Waals surface area contributed by atoms with Gasteiger partial charge in [0.1, 0.15) is 0 Å². The first-order valence-corrected chi connectivity index (χ1v) is 15.1. The third-order valence-electron chi connectivity index (χ3n) is 8.16. The van der Waals surface area contributed by atoms with Crippen LogP contribution in [0.3, 0.4) is 0 Å². The molecular formula is C40H55-. The molecule has 0 spiro atoms. The Kier molecular flexibility index (Phi) is 13.2. The van der Waals surface area contributed by atoms with Crippen molar-refractivity contribution in [2.75, 3.05) is 0 Å². The van der Waals surface area contributed by atoms with Gasteiger partial charge in [0.2, 0.25) is 0 Å². The SMILES string of the molecule is CC1=C(/C=C/C(C)=C/C=C/C(C)=C/C=C/C=C(C)/C=C/C=C(C)/C=C/C2=C(C)CCCC2(C)C)C(C)(C)[CH-]CC1. The standard InChI is InChI=1S/C40H55/c1-31(19-13-21-33(3)25-27-37-35(5)23-15-29-39(37,7)8)17-11-12-18-32(2)20-14-22-34(4)26-28-38-36(6)24-16-30-40(38,9)10/h11-14,17-22,25-29H,15-16,23-24,30H2,1-10H3/q-1/b12-11+,19-13+,20-14+,27-25+,28-26+,31-17+,32-18+,33-21+,34-22+. The summed E-state index contributed by atoms with van der Waals surface area (Å²) in [6.07, 6.45) is 39.3. The Morgan fingerprint density at radius 2 is 1.05 bits per heavy atom. The highest BCUT2D eigenvalue weighted by Gasteiger charge is 2.26. The summed E-state index contributed by atoms with van der Waals surface area (Å²) in [4.78, 5) is 0. The molecular weight excluding hydrogens is 480 g/mol. The van der Waals surface area contributed by atoms with Crippen molar-refractivity contribution in [3.8, 4) is 0 Å². The number of hydrogen-bond donors (Lipinski definition) is 0. The molecule has 0 unspecified atom stereocenters. The maximum absolute atomic E-state index is 2.45. The summed E-state index contributed by atoms with van der Waals surface area (Å²) in [5.74, 6) is 0. The van der Waals surface area contributed by atoms with Crippen LogP contribution in [0.2, 0.25) is 0 Å². The van der Waals surface area contributed by atoms with E-state index in [1.807, 2.05) is 0 Å². The lowest BCUT2D eigenvalue weighted by Crippen LogP contribution is -2.19. The molecule has 0 N–H and O–H groups in total. The minimum absolute atomic E-state index is 0.166. The van der Waals surface area contributed by atoms with Crippen molar-refractivity contribution in [2.24, 2.45) is 10.8 Å². The van der Waals surface area contributed by atoms with Gasteiger partial charge in [0.15, 0.2) is 0 Å². The fraction of sp³-hybridized carbons (Fsp3) is 0.425. The summed E-state index contributed by atoms with van der Waals surface area (Å²) in [7, 11) is 0. The Labute approximate surface area is 247 Å². The van der Waals surface area contributed by atoms with E-state index in [-0.39, 0.29) is 5.41 Å². The Hall–Kier alpha value is -2.86. The van der Waals surface area contributed by atoms with Crippen molar-refractivity contribution >= 4 is 0 Å². The molecule has 0 aliphatic heterocycles. The van der Waals surface area contributed by atoms with Gasteiger partial charge >= 0.3 is 0 Å². The van der Waals surface area contributed by atoms with Crippen LogP contribution in [0, 0.1) is 17.3 Å². The van der Waals surface area contributed by atoms with Crippen LogP contribution in [0.4, 0.5) is 0 Å². The van der Waals surface area contributed by atoms with E-state index in [0.717, 1.165) is 0 Å². The molecule has 0 nitrogen and oxygen atoms in total. The Bertz CT molecular complexity index is 1120. The Morgan fingerprint density at radius 1 is 0.600 bits per heavy atom. The molecule has 2 aliphatic rings. The molecule has 0 aromatic heterocycles. The maximum atomic E-state index is 2.45. The second-order valence-corrected chi connectivity index (χ2v) is 13.0. The van der Waals surface area contributed by atoms with E-state index in [2.05, 4.69) is 161 Å². The van der Waals surface area contributed by atoms with Crippen LogP contribution < -0.4 is 0 Å². The van der Waals surface area contributed by atoms with Crippen LogP contribution >= 0.6 is 0 Å². The van der Waals surface area contributed by atoms with Gasteiger partial charge in [-0.25, -0.2) is 0 Å². The minimum atomic E-state index is 0.166. The van der Waals surface area contributed by atoms with E-state index >= 15 is 0 Å². The molecule has 2 aliphatic carbocycles. The molecule has 0 saturated carbocycles. The van der Waals surface area contributed by atoms with E-state index in [0.29, 0.717) is 5.41 Å². The molecule has 0 heterocycles. The van der Waals surface area contributed by atoms with Gasteiger partial charge in [0.05, 0.1) is 0 Å². The van der Waals surface area contributed by atoms with Crippen molar-refractivity contribution < 1.29 is 0 Å². The topological polar surface area (TPSA) is 0 Å². The van der Waals surface area contributed by atoms with Crippen LogP contribution in [-0.2, 0) is 0 Å². The second kappa shape index (κ2) is 15.8. The van der Waals surface area contributed by atoms with Crippen molar-refractivity contribution in [3.63, 3.8) is 0 Å². The lowest BCUT2D eigenvalue weighted by Gasteiger charge is -2.42. The fourth-order valence-corrected chi connectivity index (χ4v) is 5.58. The zero-order valence-electron chi connectivity index (χ0n) is 27.2. The fourth-order valence-electron chi connectivity index (χ4n) is 5.58. The lowest BCUT2D eigenvalue weighted by molar-refractivity contribution is 0.377. The van der Waals surface area contributed by atoms with Crippen molar-refractivity contribution in [2.45, 2.75) is 101 Å². The maximum Gasteiger partial charge on any atom is -0.0104 e. The first kappa shape index (κ1) is 33.3. The second-order valence-electron chi connectivity index (χ2n) is 13.0. The summed E-state index contributed by atoms with van der Waals surface area (Å²) < 4.78 is 0. The average Bonchev–Trinajstić information content (AvgIpc) is 2.85. The van der Waals surface area contributed by atoms with Crippen molar-refractivity contribution in [1.29, 1.82) is 0 Å². The minimum Gasteiger partial charge on any atom is -0.318 e. The van der Waals surface area contributed by atoms with Crippen LogP contribution in [0.15, 0.2) is 130 Å². The predicted molar refractivity (Wildman–Crippen MR) is 181 cm³/mol. The normalized spacial score (nSPS) is 21.9. The molecule has 0 atom stereocenters. The predicted octanol–water partition coefficient (Wildman–Crippen LogP) is 12.4. The average molecular weight is 536 g/mol. The largest absolute Gasteiger partial charge is 0.318 e. The first-order chi connectivity index (χ1) is 18.8. The van der Waals surface area contributed by atoms with E-state index in [1.54, 1.807) is 5.57 Å². The zero-order valence-corrected chi connectivity index (χ0v) is 27.2. The smallest absolute Gasteiger partial charge is 0.0104 e. The lowest BCUT2D eigenvalue weighted by atomic mass is 9.72. The number of allylic oxidation sites excluding steroid dienone is 22. The highest BCUT2D eigenvalue weighted by molar-refractivity contribution is 5.40. The summed E-state index contributed by atoms with van der Waals surface area (Å²) in [6, 6.07) is 0. The Balaban J connectivity index is 1.89. The van der Waals surface area contributed by atoms with Crippen molar-refractivity contribution in [1.82, 2.24) is 0 Å². The van der Waals surface area contributed by atoms with E-state index in [4.69, 9.17) is 0 Å². The highest BCUT2D eigenvalue weighted by Crippen LogP contribution is 2.41. The van der Waals surface area contributed by atoms with Crippen LogP contribution in [0.1, 0.15) is 101 Å². The highest BCUT2D eigenvalue weighted by atomic mass is 14.3. The van der Waals surface area contributed by atoms with Gasteiger partial charge in [-0.1, -0.05) is 158 Å². The first-order valence-electron chi connectivity index (χ1n) is 15.1. The molecule has 0 saturated heterocycles. The van der Waals surface area contributed by atoms with Gasteiger partial charge in [-0.15, -0.1) is 5.41 Å². The molecule has 0 aromatic rings. The summed E-state index contributed by atoms with van der Waals surface area (Å²) in [5.41, 5.74) is 11.5. The molecule has 0 amide bonds. The van der Waals surface area contributed by atoms with Gasteiger partial charge in [-0.3, -0.25) is 0 Å². The third-order valence-corrected chi connectivity index (χ3v) is 8.16. The zero-order chi connectivity index (χ0) is 29.8. The molecule has 2 rings (SSSR count). The Morgan fingerprint density at radius 3 is 1.55 bits per heavy atom. The molecule has 0 bridgehead atoms.